The van der Waals surface area contributed by atoms with E-state index >= 15 is 0 Å². The first-order chi connectivity index (χ1) is 9.59. The molecule has 118 valence electrons. The number of likely N-dealkylation sites (tertiary alicyclic amines) is 1. The van der Waals surface area contributed by atoms with E-state index in [-0.39, 0.29) is 17.8 Å². The number of hydrogen-bond donors (Lipinski definition) is 1. The Hall–Kier alpha value is -0.680. The highest BCUT2D eigenvalue weighted by molar-refractivity contribution is 6.32. The summed E-state index contributed by atoms with van der Waals surface area (Å²) in [5, 5.41) is 0.637. The van der Waals surface area contributed by atoms with Gasteiger partial charge in [0.15, 0.2) is 11.5 Å². The van der Waals surface area contributed by atoms with Crippen LogP contribution in [0.1, 0.15) is 18.9 Å². The number of hydrogen-bond acceptors (Lipinski definition) is 4. The van der Waals surface area contributed by atoms with Crippen LogP contribution >= 0.6 is 24.0 Å². The second-order valence-corrected chi connectivity index (χ2v) is 6.48. The number of ether oxygens (including phenoxy) is 2. The van der Waals surface area contributed by atoms with E-state index in [1.165, 1.54) is 5.56 Å². The number of fused-ring (bicyclic) bond motifs is 1. The van der Waals surface area contributed by atoms with Crippen LogP contribution in [-0.2, 0) is 6.54 Å². The predicted molar refractivity (Wildman–Crippen MR) is 86.7 cm³/mol. The van der Waals surface area contributed by atoms with Crippen molar-refractivity contribution in [2.75, 3.05) is 32.8 Å². The van der Waals surface area contributed by atoms with Crippen LogP contribution in [0.4, 0.5) is 0 Å². The number of nitrogens with zero attached hydrogens (tertiary/aromatic N) is 1. The third-order valence-corrected chi connectivity index (χ3v) is 4.47. The molecular formula is C15H22Cl2N2O2. The lowest BCUT2D eigenvalue weighted by Crippen LogP contribution is -2.31. The average molecular weight is 333 g/mol. The molecule has 2 N–H and O–H groups in total. The summed E-state index contributed by atoms with van der Waals surface area (Å²) < 4.78 is 11.2. The summed E-state index contributed by atoms with van der Waals surface area (Å²) in [6, 6.07) is 4.02. The van der Waals surface area contributed by atoms with Gasteiger partial charge in [0.25, 0.3) is 0 Å². The van der Waals surface area contributed by atoms with Gasteiger partial charge in [-0.25, -0.2) is 0 Å². The maximum atomic E-state index is 6.27. The number of benzene rings is 1. The predicted octanol–water partition coefficient (Wildman–Crippen LogP) is 2.70. The fourth-order valence-electron chi connectivity index (χ4n) is 2.94. The molecule has 1 aromatic rings. The lowest BCUT2D eigenvalue weighted by molar-refractivity contribution is 0.171. The smallest absolute Gasteiger partial charge is 0.179 e. The van der Waals surface area contributed by atoms with Gasteiger partial charge in [-0.1, -0.05) is 18.5 Å². The minimum absolute atomic E-state index is 0. The van der Waals surface area contributed by atoms with Gasteiger partial charge in [0, 0.05) is 13.1 Å². The molecule has 1 atom stereocenters. The van der Waals surface area contributed by atoms with E-state index in [2.05, 4.69) is 11.8 Å². The Labute approximate surface area is 136 Å². The molecule has 1 aromatic carbocycles. The van der Waals surface area contributed by atoms with Crippen molar-refractivity contribution in [1.29, 1.82) is 0 Å². The number of rotatable bonds is 3. The molecule has 1 fully saturated rings. The van der Waals surface area contributed by atoms with Crippen molar-refractivity contribution in [3.8, 4) is 11.5 Å². The van der Waals surface area contributed by atoms with Gasteiger partial charge < -0.3 is 15.2 Å². The molecule has 0 spiro atoms. The van der Waals surface area contributed by atoms with Crippen molar-refractivity contribution >= 4 is 24.0 Å². The van der Waals surface area contributed by atoms with E-state index in [1.807, 2.05) is 12.1 Å². The minimum Gasteiger partial charge on any atom is -0.486 e. The second-order valence-electron chi connectivity index (χ2n) is 6.08. The maximum absolute atomic E-state index is 6.27. The number of halogens is 2. The van der Waals surface area contributed by atoms with E-state index in [9.17, 15) is 0 Å². The topological polar surface area (TPSA) is 47.7 Å². The van der Waals surface area contributed by atoms with E-state index in [1.54, 1.807) is 0 Å². The van der Waals surface area contributed by atoms with Gasteiger partial charge in [0.2, 0.25) is 0 Å². The quantitative estimate of drug-likeness (QED) is 0.924. The maximum Gasteiger partial charge on any atom is 0.179 e. The number of nitrogens with two attached hydrogens (primary N) is 1. The Kier molecular flexibility index (Phi) is 5.25. The molecule has 2 heterocycles. The first-order valence-electron chi connectivity index (χ1n) is 7.10. The molecule has 2 aliphatic heterocycles. The van der Waals surface area contributed by atoms with Gasteiger partial charge in [-0.2, -0.15) is 0 Å². The molecule has 0 aromatic heterocycles. The average Bonchev–Trinajstić information content (AvgIpc) is 2.81. The third-order valence-electron chi connectivity index (χ3n) is 4.19. The fourth-order valence-corrected chi connectivity index (χ4v) is 3.23. The van der Waals surface area contributed by atoms with Crippen LogP contribution < -0.4 is 15.2 Å². The SMILES string of the molecule is CC1(CN)CCN(Cc2cc(Cl)c3c(c2)OCCO3)C1.Cl. The first-order valence-corrected chi connectivity index (χ1v) is 7.48. The molecule has 0 bridgehead atoms. The Bertz CT molecular complexity index is 513. The fraction of sp³-hybridized carbons (Fsp3) is 0.600. The molecular weight excluding hydrogens is 311 g/mol. The molecule has 0 radical (unpaired) electrons. The van der Waals surface area contributed by atoms with Gasteiger partial charge >= 0.3 is 0 Å². The van der Waals surface area contributed by atoms with Gasteiger partial charge in [0.05, 0.1) is 5.02 Å². The lowest BCUT2D eigenvalue weighted by Gasteiger charge is -2.24. The molecule has 3 rings (SSSR count). The summed E-state index contributed by atoms with van der Waals surface area (Å²) in [6.45, 7) is 7.14. The zero-order chi connectivity index (χ0) is 14.2. The summed E-state index contributed by atoms with van der Waals surface area (Å²) in [7, 11) is 0. The molecule has 2 aliphatic rings. The molecule has 21 heavy (non-hydrogen) atoms. The van der Waals surface area contributed by atoms with Crippen LogP contribution in [0.15, 0.2) is 12.1 Å². The monoisotopic (exact) mass is 332 g/mol. The van der Waals surface area contributed by atoms with Crippen LogP contribution in [0.25, 0.3) is 0 Å². The van der Waals surface area contributed by atoms with Crippen LogP contribution in [0.5, 0.6) is 11.5 Å². The largest absolute Gasteiger partial charge is 0.486 e. The normalized spacial score (nSPS) is 24.7. The zero-order valence-corrected chi connectivity index (χ0v) is 13.8. The van der Waals surface area contributed by atoms with Gasteiger partial charge in [0.1, 0.15) is 13.2 Å². The van der Waals surface area contributed by atoms with E-state index in [0.717, 1.165) is 38.3 Å². The summed E-state index contributed by atoms with van der Waals surface area (Å²) in [5.41, 5.74) is 7.27. The van der Waals surface area contributed by atoms with Gasteiger partial charge in [-0.15, -0.1) is 12.4 Å². The Morgan fingerprint density at radius 3 is 2.81 bits per heavy atom. The molecule has 0 aliphatic carbocycles. The van der Waals surface area contributed by atoms with Crippen LogP contribution in [-0.4, -0.2) is 37.7 Å². The van der Waals surface area contributed by atoms with Crippen molar-refractivity contribution in [2.45, 2.75) is 19.9 Å². The third kappa shape index (κ3) is 3.57. The Balaban J connectivity index is 0.00000161. The summed E-state index contributed by atoms with van der Waals surface area (Å²) in [5.74, 6) is 1.44. The van der Waals surface area contributed by atoms with Crippen molar-refractivity contribution in [3.63, 3.8) is 0 Å². The van der Waals surface area contributed by atoms with Crippen molar-refractivity contribution in [1.82, 2.24) is 4.90 Å². The first kappa shape index (κ1) is 16.7. The summed E-state index contributed by atoms with van der Waals surface area (Å²) >= 11 is 6.27. The van der Waals surface area contributed by atoms with E-state index in [0.29, 0.717) is 24.0 Å². The molecule has 0 amide bonds. The van der Waals surface area contributed by atoms with Crippen molar-refractivity contribution in [2.24, 2.45) is 11.1 Å². The van der Waals surface area contributed by atoms with Crippen LogP contribution in [0.3, 0.4) is 0 Å². The van der Waals surface area contributed by atoms with E-state index in [4.69, 9.17) is 26.8 Å². The highest BCUT2D eigenvalue weighted by Crippen LogP contribution is 2.39. The Morgan fingerprint density at radius 2 is 2.10 bits per heavy atom. The van der Waals surface area contributed by atoms with E-state index < -0.39 is 0 Å². The Morgan fingerprint density at radius 1 is 1.33 bits per heavy atom. The van der Waals surface area contributed by atoms with Crippen LogP contribution in [0.2, 0.25) is 5.02 Å². The summed E-state index contributed by atoms with van der Waals surface area (Å²) in [6.07, 6.45) is 1.15. The van der Waals surface area contributed by atoms with Gasteiger partial charge in [-0.05, 0) is 42.6 Å². The highest BCUT2D eigenvalue weighted by Gasteiger charge is 2.32. The lowest BCUT2D eigenvalue weighted by atomic mass is 9.90. The van der Waals surface area contributed by atoms with Crippen LogP contribution in [0, 0.1) is 5.41 Å². The minimum atomic E-state index is 0. The van der Waals surface area contributed by atoms with Gasteiger partial charge in [-0.3, -0.25) is 4.90 Å². The second kappa shape index (κ2) is 6.61. The molecule has 4 nitrogen and oxygen atoms in total. The zero-order valence-electron chi connectivity index (χ0n) is 12.2. The standard InChI is InChI=1S/C15H21ClN2O2.ClH/c1-15(9-17)2-3-18(10-15)8-11-6-12(16)14-13(7-11)19-4-5-20-14;/h6-7H,2-5,8-10,17H2,1H3;1H. The molecule has 0 saturated carbocycles. The molecule has 1 unspecified atom stereocenters. The summed E-state index contributed by atoms with van der Waals surface area (Å²) in [4.78, 5) is 2.43. The molecule has 6 heteroatoms. The van der Waals surface area contributed by atoms with Crippen molar-refractivity contribution < 1.29 is 9.47 Å². The molecule has 1 saturated heterocycles. The highest BCUT2D eigenvalue weighted by atomic mass is 35.5. The van der Waals surface area contributed by atoms with Crippen molar-refractivity contribution in [3.05, 3.63) is 22.7 Å².